The quantitative estimate of drug-likeness (QED) is 0.500. The third-order valence-corrected chi connectivity index (χ3v) is 1.04. The fourth-order valence-electron chi connectivity index (χ4n) is 0.667. The van der Waals surface area contributed by atoms with Crippen molar-refractivity contribution >= 4 is 0 Å². The van der Waals surface area contributed by atoms with Gasteiger partial charge in [0.1, 0.15) is 6.17 Å². The van der Waals surface area contributed by atoms with Crippen LogP contribution in [0.15, 0.2) is 23.9 Å². The summed E-state index contributed by atoms with van der Waals surface area (Å²) in [6, 6.07) is 0. The summed E-state index contributed by atoms with van der Waals surface area (Å²) >= 11 is 0. The molecule has 1 rings (SSSR count). The largest absolute Gasteiger partial charge is 0.399 e. The number of allylic oxidation sites excluding steroid dienone is 3. The molecule has 1 aliphatic carbocycles. The smallest absolute Gasteiger partial charge is 0.124 e. The highest BCUT2D eigenvalue weighted by molar-refractivity contribution is 5.21. The van der Waals surface area contributed by atoms with E-state index >= 15 is 0 Å². The topological polar surface area (TPSA) is 26.0 Å². The van der Waals surface area contributed by atoms with Crippen molar-refractivity contribution in [3.63, 3.8) is 0 Å². The van der Waals surface area contributed by atoms with Gasteiger partial charge in [-0.15, -0.1) is 0 Å². The molecule has 1 atom stereocenters. The van der Waals surface area contributed by atoms with E-state index in [4.69, 9.17) is 5.73 Å². The van der Waals surface area contributed by atoms with Crippen molar-refractivity contribution in [1.29, 1.82) is 0 Å². The highest BCUT2D eigenvalue weighted by Crippen LogP contribution is 2.08. The molecule has 1 nitrogen and oxygen atoms in total. The molecule has 0 aromatic rings. The lowest BCUT2D eigenvalue weighted by molar-refractivity contribution is 0.399. The van der Waals surface area contributed by atoms with Crippen LogP contribution in [-0.2, 0) is 0 Å². The molecule has 0 heterocycles. The van der Waals surface area contributed by atoms with Gasteiger partial charge in [-0.05, 0) is 12.2 Å². The molecule has 0 bridgehead atoms. The molecule has 0 fully saturated rings. The standard InChI is InChI=1S/C6H8FN/c7-5-2-1-3-6(8)4-5/h1,3-5H,2,8H2. The van der Waals surface area contributed by atoms with Gasteiger partial charge in [0.15, 0.2) is 0 Å². The molecule has 0 amide bonds. The average Bonchev–Trinajstić information content (AvgIpc) is 1.64. The first-order chi connectivity index (χ1) is 3.79. The Labute approximate surface area is 47.7 Å². The van der Waals surface area contributed by atoms with Crippen LogP contribution in [-0.4, -0.2) is 6.17 Å². The summed E-state index contributed by atoms with van der Waals surface area (Å²) in [6.07, 6.45) is 4.48. The number of hydrogen-bond donors (Lipinski definition) is 1. The third-order valence-electron chi connectivity index (χ3n) is 1.04. The number of alkyl halides is 1. The van der Waals surface area contributed by atoms with E-state index < -0.39 is 6.17 Å². The molecule has 0 saturated heterocycles. The molecular weight excluding hydrogens is 105 g/mol. The number of hydrogen-bond acceptors (Lipinski definition) is 1. The van der Waals surface area contributed by atoms with Crippen LogP contribution in [0.5, 0.6) is 0 Å². The zero-order valence-corrected chi connectivity index (χ0v) is 4.47. The van der Waals surface area contributed by atoms with Crippen molar-refractivity contribution in [2.75, 3.05) is 0 Å². The summed E-state index contributed by atoms with van der Waals surface area (Å²) in [5.74, 6) is 0. The lowest BCUT2D eigenvalue weighted by Gasteiger charge is -2.03. The van der Waals surface area contributed by atoms with Crippen LogP contribution in [0.4, 0.5) is 4.39 Å². The molecule has 0 spiro atoms. The second-order valence-electron chi connectivity index (χ2n) is 1.82. The van der Waals surface area contributed by atoms with E-state index in [0.29, 0.717) is 12.1 Å². The number of halogens is 1. The molecule has 8 heavy (non-hydrogen) atoms. The fraction of sp³-hybridized carbons (Fsp3) is 0.333. The molecular formula is C6H8FN. The van der Waals surface area contributed by atoms with Crippen molar-refractivity contribution in [2.45, 2.75) is 12.6 Å². The van der Waals surface area contributed by atoms with Crippen molar-refractivity contribution in [1.82, 2.24) is 0 Å². The van der Waals surface area contributed by atoms with Gasteiger partial charge in [0, 0.05) is 12.1 Å². The van der Waals surface area contributed by atoms with Crippen LogP contribution in [0.1, 0.15) is 6.42 Å². The van der Waals surface area contributed by atoms with Crippen molar-refractivity contribution in [2.24, 2.45) is 5.73 Å². The number of rotatable bonds is 0. The Kier molecular flexibility index (Phi) is 1.33. The normalized spacial score (nSPS) is 27.6. The van der Waals surface area contributed by atoms with E-state index in [-0.39, 0.29) is 0 Å². The summed E-state index contributed by atoms with van der Waals surface area (Å²) in [6.45, 7) is 0. The summed E-state index contributed by atoms with van der Waals surface area (Å²) in [5.41, 5.74) is 5.79. The van der Waals surface area contributed by atoms with Gasteiger partial charge < -0.3 is 5.73 Å². The monoisotopic (exact) mass is 113 g/mol. The lowest BCUT2D eigenvalue weighted by Crippen LogP contribution is -2.04. The second kappa shape index (κ2) is 1.99. The van der Waals surface area contributed by atoms with Gasteiger partial charge in [0.25, 0.3) is 0 Å². The Morgan fingerprint density at radius 1 is 1.75 bits per heavy atom. The molecule has 2 heteroatoms. The fourth-order valence-corrected chi connectivity index (χ4v) is 0.667. The third kappa shape index (κ3) is 1.09. The van der Waals surface area contributed by atoms with E-state index in [9.17, 15) is 4.39 Å². The van der Waals surface area contributed by atoms with Gasteiger partial charge >= 0.3 is 0 Å². The van der Waals surface area contributed by atoms with E-state index in [0.717, 1.165) is 0 Å². The first-order valence-corrected chi connectivity index (χ1v) is 2.57. The summed E-state index contributed by atoms with van der Waals surface area (Å²) < 4.78 is 12.2. The molecule has 44 valence electrons. The molecule has 2 N–H and O–H groups in total. The minimum Gasteiger partial charge on any atom is -0.399 e. The van der Waals surface area contributed by atoms with Crippen molar-refractivity contribution in [3.8, 4) is 0 Å². The van der Waals surface area contributed by atoms with Crippen molar-refractivity contribution in [3.05, 3.63) is 23.9 Å². The van der Waals surface area contributed by atoms with Crippen LogP contribution >= 0.6 is 0 Å². The molecule has 1 unspecified atom stereocenters. The highest BCUT2D eigenvalue weighted by Gasteiger charge is 2.02. The van der Waals surface area contributed by atoms with Gasteiger partial charge in [-0.3, -0.25) is 0 Å². The van der Waals surface area contributed by atoms with Gasteiger partial charge in [0.05, 0.1) is 0 Å². The van der Waals surface area contributed by atoms with E-state index in [1.807, 2.05) is 0 Å². The van der Waals surface area contributed by atoms with Gasteiger partial charge in [-0.2, -0.15) is 0 Å². The van der Waals surface area contributed by atoms with Crippen LogP contribution in [0.25, 0.3) is 0 Å². The molecule has 0 aromatic heterocycles. The maximum atomic E-state index is 12.2. The Morgan fingerprint density at radius 3 is 2.88 bits per heavy atom. The maximum Gasteiger partial charge on any atom is 0.124 e. The SMILES string of the molecule is NC1=CC(F)CC=C1. The highest BCUT2D eigenvalue weighted by atomic mass is 19.1. The predicted octanol–water partition coefficient (Wildman–Crippen LogP) is 1.13. The second-order valence-corrected chi connectivity index (χ2v) is 1.82. The first-order valence-electron chi connectivity index (χ1n) is 2.57. The summed E-state index contributed by atoms with van der Waals surface area (Å²) in [4.78, 5) is 0. The molecule has 0 saturated carbocycles. The molecule has 0 aliphatic heterocycles. The van der Waals surface area contributed by atoms with Crippen molar-refractivity contribution < 1.29 is 4.39 Å². The van der Waals surface area contributed by atoms with Gasteiger partial charge in [-0.25, -0.2) is 4.39 Å². The Morgan fingerprint density at radius 2 is 2.50 bits per heavy atom. The van der Waals surface area contributed by atoms with E-state index in [2.05, 4.69) is 0 Å². The average molecular weight is 113 g/mol. The minimum absolute atomic E-state index is 0.473. The summed E-state index contributed by atoms with van der Waals surface area (Å²) in [7, 11) is 0. The Bertz CT molecular complexity index is 137. The minimum atomic E-state index is -0.861. The van der Waals surface area contributed by atoms with Gasteiger partial charge in [-0.1, -0.05) is 6.08 Å². The first kappa shape index (κ1) is 5.35. The van der Waals surface area contributed by atoms with Crippen LogP contribution in [0, 0.1) is 0 Å². The maximum absolute atomic E-state index is 12.2. The predicted molar refractivity (Wildman–Crippen MR) is 30.9 cm³/mol. The summed E-state index contributed by atoms with van der Waals surface area (Å²) in [5, 5.41) is 0. The molecule has 1 aliphatic rings. The Hall–Kier alpha value is -0.790. The van der Waals surface area contributed by atoms with Gasteiger partial charge in [0.2, 0.25) is 0 Å². The van der Waals surface area contributed by atoms with E-state index in [1.165, 1.54) is 6.08 Å². The number of nitrogens with two attached hydrogens (primary N) is 1. The Balaban J connectivity index is 2.63. The zero-order valence-electron chi connectivity index (χ0n) is 4.47. The molecule has 0 radical (unpaired) electrons. The zero-order chi connectivity index (χ0) is 5.98. The van der Waals surface area contributed by atoms with Crippen LogP contribution in [0.2, 0.25) is 0 Å². The van der Waals surface area contributed by atoms with E-state index in [1.54, 1.807) is 12.2 Å². The lowest BCUT2D eigenvalue weighted by atomic mass is 10.1. The molecule has 0 aromatic carbocycles. The van der Waals surface area contributed by atoms with Crippen LogP contribution in [0.3, 0.4) is 0 Å². The van der Waals surface area contributed by atoms with Crippen LogP contribution < -0.4 is 5.73 Å².